The van der Waals surface area contributed by atoms with Gasteiger partial charge in [-0.2, -0.15) is 5.26 Å². The third-order valence-electron chi connectivity index (χ3n) is 5.26. The van der Waals surface area contributed by atoms with Gasteiger partial charge in [0.05, 0.1) is 23.3 Å². The molecule has 11 heteroatoms. The second kappa shape index (κ2) is 10.3. The van der Waals surface area contributed by atoms with Crippen LogP contribution in [0.2, 0.25) is 0 Å². The van der Waals surface area contributed by atoms with Crippen molar-refractivity contribution in [3.05, 3.63) is 71.0 Å². The van der Waals surface area contributed by atoms with Gasteiger partial charge in [-0.25, -0.2) is 13.2 Å². The first-order chi connectivity index (χ1) is 16.6. The predicted octanol–water partition coefficient (Wildman–Crippen LogP) is 3.40. The largest absolute Gasteiger partial charge is 0.495 e. The maximum atomic E-state index is 13.0. The van der Waals surface area contributed by atoms with Gasteiger partial charge in [-0.05, 0) is 50.2 Å². The van der Waals surface area contributed by atoms with Gasteiger partial charge in [-0.15, -0.1) is 0 Å². The lowest BCUT2D eigenvalue weighted by atomic mass is 10.2. The number of para-hydroxylation sites is 2. The number of nitriles is 1. The van der Waals surface area contributed by atoms with Crippen LogP contribution in [-0.4, -0.2) is 41.1 Å². The van der Waals surface area contributed by atoms with Crippen LogP contribution in [-0.2, 0) is 19.6 Å². The van der Waals surface area contributed by atoms with E-state index in [9.17, 15) is 23.3 Å². The Morgan fingerprint density at radius 1 is 1.11 bits per heavy atom. The highest BCUT2D eigenvalue weighted by molar-refractivity contribution is 7.92. The number of rotatable bonds is 8. The van der Waals surface area contributed by atoms with Crippen LogP contribution in [0.4, 0.5) is 11.6 Å². The number of anilines is 2. The molecule has 0 aliphatic heterocycles. The van der Waals surface area contributed by atoms with Crippen molar-refractivity contribution in [1.82, 2.24) is 0 Å². The van der Waals surface area contributed by atoms with E-state index in [-0.39, 0.29) is 21.9 Å². The molecule has 1 heterocycles. The monoisotopic (exact) mass is 497 g/mol. The number of amides is 1. The number of hydrogen-bond donors (Lipinski definition) is 1. The molecule has 0 atom stereocenters. The first-order valence-corrected chi connectivity index (χ1v) is 11.7. The normalized spacial score (nSPS) is 10.8. The summed E-state index contributed by atoms with van der Waals surface area (Å²) in [5.74, 6) is -0.660. The summed E-state index contributed by atoms with van der Waals surface area (Å²) < 4.78 is 42.7. The van der Waals surface area contributed by atoms with Crippen molar-refractivity contribution in [2.24, 2.45) is 0 Å². The van der Waals surface area contributed by atoms with E-state index in [1.165, 1.54) is 38.4 Å². The molecule has 3 rings (SSSR count). The van der Waals surface area contributed by atoms with E-state index in [1.807, 2.05) is 6.07 Å². The lowest BCUT2D eigenvalue weighted by molar-refractivity contribution is -0.119. The molecule has 0 aliphatic rings. The van der Waals surface area contributed by atoms with Crippen molar-refractivity contribution in [1.29, 1.82) is 5.26 Å². The van der Waals surface area contributed by atoms with E-state index in [0.717, 1.165) is 4.31 Å². The highest BCUT2D eigenvalue weighted by Gasteiger charge is 2.24. The predicted molar refractivity (Wildman–Crippen MR) is 127 cm³/mol. The van der Waals surface area contributed by atoms with E-state index in [2.05, 4.69) is 5.32 Å². The Bertz CT molecular complexity index is 1400. The molecule has 1 aromatic heterocycles. The summed E-state index contributed by atoms with van der Waals surface area (Å²) >= 11 is 0. The van der Waals surface area contributed by atoms with Crippen molar-refractivity contribution in [2.45, 2.75) is 18.7 Å². The molecule has 1 amide bonds. The summed E-state index contributed by atoms with van der Waals surface area (Å²) in [4.78, 5) is 24.4. The lowest BCUT2D eigenvalue weighted by Crippen LogP contribution is -2.27. The number of esters is 1. The van der Waals surface area contributed by atoms with Crippen molar-refractivity contribution in [3.8, 4) is 11.8 Å². The second-order valence-corrected chi connectivity index (χ2v) is 9.36. The quantitative estimate of drug-likeness (QED) is 0.467. The highest BCUT2D eigenvalue weighted by Crippen LogP contribution is 2.31. The van der Waals surface area contributed by atoms with Crippen LogP contribution >= 0.6 is 0 Å². The van der Waals surface area contributed by atoms with Gasteiger partial charge in [0.1, 0.15) is 23.1 Å². The van der Waals surface area contributed by atoms with Crippen molar-refractivity contribution < 1.29 is 31.9 Å². The molecular weight excluding hydrogens is 474 g/mol. The van der Waals surface area contributed by atoms with E-state index in [1.54, 1.807) is 38.1 Å². The maximum absolute atomic E-state index is 13.0. The molecule has 10 nitrogen and oxygen atoms in total. The van der Waals surface area contributed by atoms with Crippen LogP contribution in [0.15, 0.2) is 57.8 Å². The van der Waals surface area contributed by atoms with Gasteiger partial charge in [-0.3, -0.25) is 14.4 Å². The molecule has 0 bridgehead atoms. The number of aryl methyl sites for hydroxylation is 1. The van der Waals surface area contributed by atoms with Gasteiger partial charge >= 0.3 is 5.97 Å². The van der Waals surface area contributed by atoms with Crippen LogP contribution in [0.25, 0.3) is 0 Å². The lowest BCUT2D eigenvalue weighted by Gasteiger charge is -2.21. The molecule has 0 saturated heterocycles. The third kappa shape index (κ3) is 5.28. The summed E-state index contributed by atoms with van der Waals surface area (Å²) in [6.45, 7) is 2.72. The maximum Gasteiger partial charge on any atom is 0.338 e. The van der Waals surface area contributed by atoms with Crippen LogP contribution in [0, 0.1) is 25.2 Å². The number of carbonyl (C=O) groups is 2. The number of methoxy groups -OCH3 is 1. The zero-order chi connectivity index (χ0) is 25.8. The van der Waals surface area contributed by atoms with Gasteiger partial charge in [0, 0.05) is 12.6 Å². The Hall–Kier alpha value is -4.30. The molecule has 0 aliphatic carbocycles. The number of nitrogens with one attached hydrogen (secondary N) is 1. The smallest absolute Gasteiger partial charge is 0.338 e. The van der Waals surface area contributed by atoms with E-state index in [0.29, 0.717) is 22.8 Å². The third-order valence-corrected chi connectivity index (χ3v) is 7.04. The Balaban J connectivity index is 1.66. The fourth-order valence-electron chi connectivity index (χ4n) is 3.17. The Morgan fingerprint density at radius 2 is 1.77 bits per heavy atom. The SMILES string of the molecule is COc1ccccc1N(C)S(=O)(=O)c1ccc(C(=O)OCC(=O)Nc2oc(C)c(C)c2C#N)cc1. The van der Waals surface area contributed by atoms with Gasteiger partial charge in [0.15, 0.2) is 6.61 Å². The van der Waals surface area contributed by atoms with Crippen molar-refractivity contribution >= 4 is 33.5 Å². The number of furan rings is 1. The van der Waals surface area contributed by atoms with Gasteiger partial charge in [0.25, 0.3) is 15.9 Å². The van der Waals surface area contributed by atoms with Crippen LogP contribution < -0.4 is 14.4 Å². The second-order valence-electron chi connectivity index (χ2n) is 7.39. The number of hydrogen-bond acceptors (Lipinski definition) is 8. The Labute approximate surface area is 202 Å². The summed E-state index contributed by atoms with van der Waals surface area (Å²) in [6.07, 6.45) is 0. The highest BCUT2D eigenvalue weighted by atomic mass is 32.2. The first-order valence-electron chi connectivity index (χ1n) is 10.3. The number of carbonyl (C=O) groups excluding carboxylic acids is 2. The number of ether oxygens (including phenoxy) is 2. The van der Waals surface area contributed by atoms with Gasteiger partial charge < -0.3 is 13.9 Å². The number of benzene rings is 2. The molecule has 0 saturated carbocycles. The topological polar surface area (TPSA) is 139 Å². The molecule has 35 heavy (non-hydrogen) atoms. The molecule has 182 valence electrons. The van der Waals surface area contributed by atoms with Crippen LogP contribution in [0.3, 0.4) is 0 Å². The fourth-order valence-corrected chi connectivity index (χ4v) is 4.37. The summed E-state index contributed by atoms with van der Waals surface area (Å²) in [5, 5.41) is 11.6. The van der Waals surface area contributed by atoms with Gasteiger partial charge in [-0.1, -0.05) is 12.1 Å². The molecule has 0 unspecified atom stereocenters. The number of nitrogens with zero attached hydrogens (tertiary/aromatic N) is 2. The zero-order valence-electron chi connectivity index (χ0n) is 19.5. The average Bonchev–Trinajstić information content (AvgIpc) is 3.13. The first kappa shape index (κ1) is 25.3. The van der Waals surface area contributed by atoms with Crippen molar-refractivity contribution in [2.75, 3.05) is 30.4 Å². The molecule has 3 aromatic rings. The standard InChI is InChI=1S/C24H23N3O7S/c1-15-16(2)34-23(19(15)13-25)26-22(28)14-33-24(29)17-9-11-18(12-10-17)35(30,31)27(3)20-7-5-6-8-21(20)32-4/h5-12H,14H2,1-4H3,(H,26,28). The van der Waals surface area contributed by atoms with Crippen LogP contribution in [0.5, 0.6) is 5.75 Å². The minimum Gasteiger partial charge on any atom is -0.495 e. The fraction of sp³-hybridized carbons (Fsp3) is 0.208. The molecular formula is C24H23N3O7S. The molecule has 0 radical (unpaired) electrons. The average molecular weight is 498 g/mol. The number of sulfonamides is 1. The van der Waals surface area contributed by atoms with E-state index in [4.69, 9.17) is 13.9 Å². The molecule has 1 N–H and O–H groups in total. The Morgan fingerprint density at radius 3 is 2.40 bits per heavy atom. The van der Waals surface area contributed by atoms with Crippen LogP contribution in [0.1, 0.15) is 27.2 Å². The molecule has 0 spiro atoms. The summed E-state index contributed by atoms with van der Waals surface area (Å²) in [5.41, 5.74) is 1.20. The van der Waals surface area contributed by atoms with Gasteiger partial charge in [0.2, 0.25) is 5.88 Å². The van der Waals surface area contributed by atoms with Crippen molar-refractivity contribution in [3.63, 3.8) is 0 Å². The summed E-state index contributed by atoms with van der Waals surface area (Å²) in [7, 11) is -1.10. The zero-order valence-corrected chi connectivity index (χ0v) is 20.3. The minimum absolute atomic E-state index is 0.0164. The Kier molecular flexibility index (Phi) is 7.46. The summed E-state index contributed by atoms with van der Waals surface area (Å²) in [6, 6.07) is 13.7. The minimum atomic E-state index is -3.94. The molecule has 2 aromatic carbocycles. The van der Waals surface area contributed by atoms with E-state index >= 15 is 0 Å². The van der Waals surface area contributed by atoms with E-state index < -0.39 is 28.5 Å². The molecule has 0 fully saturated rings.